The van der Waals surface area contributed by atoms with Crippen molar-refractivity contribution in [2.24, 2.45) is 5.16 Å². The number of nitrogens with two attached hydrogens (primary N) is 1. The van der Waals surface area contributed by atoms with Gasteiger partial charge in [0, 0.05) is 35.0 Å². The molecule has 5 heterocycles. The number of nitrogens with one attached hydrogen (secondary N) is 1. The third-order valence-electron chi connectivity index (χ3n) is 6.96. The van der Waals surface area contributed by atoms with Gasteiger partial charge in [-0.05, 0) is 13.8 Å². The first kappa shape index (κ1) is 30.2. The number of nitrogens with zero attached hydrogens (tertiary/aromatic N) is 6. The predicted octanol–water partition coefficient (Wildman–Crippen LogP) is 1.38. The molecule has 19 heteroatoms. The highest BCUT2D eigenvalue weighted by Crippen LogP contribution is 2.46. The number of fused-ring (bicyclic) bond motifs is 1. The molecule has 2 amide bonds. The summed E-state index contributed by atoms with van der Waals surface area (Å²) in [5.41, 5.74) is 3.23. The third-order valence-corrected chi connectivity index (χ3v) is 11.0. The van der Waals surface area contributed by atoms with E-state index < -0.39 is 46.5 Å². The van der Waals surface area contributed by atoms with E-state index in [4.69, 9.17) is 15.6 Å². The Morgan fingerprint density at radius 1 is 1.26 bits per heavy atom. The molecule has 0 saturated carbocycles. The quantitative estimate of drug-likeness (QED) is 0.124. The number of quaternary nitrogens is 1. The number of thiazole rings is 1. The van der Waals surface area contributed by atoms with E-state index in [1.54, 1.807) is 0 Å². The van der Waals surface area contributed by atoms with Gasteiger partial charge in [-0.2, -0.15) is 14.3 Å². The van der Waals surface area contributed by atoms with Crippen molar-refractivity contribution in [3.8, 4) is 0 Å². The number of oxime groups is 1. The van der Waals surface area contributed by atoms with Crippen LogP contribution >= 0.6 is 46.4 Å². The fraction of sp³-hybridized carbons (Fsp3) is 0.478. The van der Waals surface area contributed by atoms with Gasteiger partial charge in [0.25, 0.3) is 11.8 Å². The van der Waals surface area contributed by atoms with Crippen LogP contribution < -0.4 is 15.5 Å². The van der Waals surface area contributed by atoms with Gasteiger partial charge in [-0.1, -0.05) is 16.9 Å². The average molecular weight is 656 g/mol. The van der Waals surface area contributed by atoms with Crippen LogP contribution in [0.5, 0.6) is 0 Å². The van der Waals surface area contributed by atoms with E-state index >= 15 is 0 Å². The number of hydrogen-bond donors (Lipinski definition) is 4. The number of aliphatic carboxylic acids is 2. The lowest BCUT2D eigenvalue weighted by Gasteiger charge is -2.49. The smallest absolute Gasteiger partial charge is 0.353 e. The molecule has 5 rings (SSSR count). The molecule has 0 radical (unpaired) electrons. The fourth-order valence-corrected chi connectivity index (χ4v) is 8.50. The Morgan fingerprint density at radius 3 is 2.60 bits per heavy atom. The molecule has 15 nitrogen and oxygen atoms in total. The Kier molecular flexibility index (Phi) is 8.23. The van der Waals surface area contributed by atoms with Gasteiger partial charge in [-0.15, -0.1) is 23.1 Å². The van der Waals surface area contributed by atoms with Gasteiger partial charge in [-0.3, -0.25) is 19.0 Å². The lowest BCUT2D eigenvalue weighted by Crippen LogP contribution is -2.71. The van der Waals surface area contributed by atoms with Gasteiger partial charge >= 0.3 is 11.9 Å². The maximum absolute atomic E-state index is 13.2. The number of aromatic nitrogens is 3. The molecule has 2 aromatic rings. The molecule has 3 aliphatic heterocycles. The van der Waals surface area contributed by atoms with Crippen LogP contribution in [-0.2, 0) is 24.0 Å². The van der Waals surface area contributed by atoms with Crippen molar-refractivity contribution < 1.29 is 34.2 Å². The van der Waals surface area contributed by atoms with Crippen molar-refractivity contribution >= 4 is 86.8 Å². The van der Waals surface area contributed by atoms with E-state index in [1.807, 2.05) is 5.38 Å². The molecule has 2 aromatic heterocycles. The number of carbonyl (C=O) groups is 4. The zero-order valence-corrected chi connectivity index (χ0v) is 25.9. The second kappa shape index (κ2) is 11.4. The van der Waals surface area contributed by atoms with Crippen LogP contribution in [0.3, 0.4) is 0 Å². The minimum Gasteiger partial charge on any atom is -0.478 e. The topological polar surface area (TPSA) is 210 Å². The van der Waals surface area contributed by atoms with Crippen LogP contribution in [0.25, 0.3) is 0 Å². The summed E-state index contributed by atoms with van der Waals surface area (Å²) in [5.74, 6) is -3.10. The van der Waals surface area contributed by atoms with E-state index in [2.05, 4.69) is 26.9 Å². The number of thioether (sulfide) groups is 2. The molecule has 0 spiro atoms. The lowest BCUT2D eigenvalue weighted by atomic mass is 10.0. The SMILES string of the molecule is CC(C)(O/N=C(\C(=O)N[C@@H]1C(=O)N2C(C(=O)O)=C(Sc3nc([N+]4(C)CCCC4)cs3)CS[C@H]12)c1nsc(N)n1)C(=O)O. The van der Waals surface area contributed by atoms with Crippen LogP contribution in [0, 0.1) is 0 Å². The van der Waals surface area contributed by atoms with Gasteiger partial charge in [0.15, 0.2) is 9.47 Å². The van der Waals surface area contributed by atoms with Crippen molar-refractivity contribution in [2.75, 3.05) is 31.6 Å². The minimum atomic E-state index is -1.78. The number of anilines is 1. The van der Waals surface area contributed by atoms with E-state index in [1.165, 1.54) is 48.7 Å². The number of hydrogen-bond acceptors (Lipinski definition) is 14. The molecule has 224 valence electrons. The van der Waals surface area contributed by atoms with Crippen molar-refractivity contribution in [3.05, 3.63) is 21.8 Å². The Balaban J connectivity index is 1.33. The number of carboxylic acid groups (broad SMARTS) is 2. The summed E-state index contributed by atoms with van der Waals surface area (Å²) in [7, 11) is 2.14. The average Bonchev–Trinajstić information content (AvgIpc) is 3.69. The third kappa shape index (κ3) is 5.70. The van der Waals surface area contributed by atoms with Crippen molar-refractivity contribution in [2.45, 2.75) is 48.0 Å². The van der Waals surface area contributed by atoms with Crippen LogP contribution in [0.15, 0.2) is 25.5 Å². The highest BCUT2D eigenvalue weighted by atomic mass is 32.2. The number of carbonyl (C=O) groups excluding carboxylic acids is 2. The number of carboxylic acids is 2. The highest BCUT2D eigenvalue weighted by molar-refractivity contribution is 8.07. The first-order valence-corrected chi connectivity index (χ1v) is 16.1. The molecular weight excluding hydrogens is 629 g/mol. The normalized spacial score (nSPS) is 22.0. The van der Waals surface area contributed by atoms with Gasteiger partial charge in [0.05, 0.1) is 25.5 Å². The van der Waals surface area contributed by atoms with Crippen molar-refractivity contribution in [1.82, 2.24) is 29.0 Å². The van der Waals surface area contributed by atoms with Gasteiger partial charge in [0.2, 0.25) is 23.0 Å². The molecule has 0 unspecified atom stereocenters. The molecule has 2 fully saturated rings. The second-order valence-electron chi connectivity index (χ2n) is 10.4. The molecule has 0 aliphatic carbocycles. The van der Waals surface area contributed by atoms with E-state index in [-0.39, 0.29) is 22.4 Å². The van der Waals surface area contributed by atoms with E-state index in [9.17, 15) is 29.4 Å². The zero-order valence-electron chi connectivity index (χ0n) is 22.6. The van der Waals surface area contributed by atoms with Gasteiger partial charge in [-0.25, -0.2) is 9.59 Å². The molecule has 2 saturated heterocycles. The van der Waals surface area contributed by atoms with Crippen LogP contribution in [0.4, 0.5) is 10.9 Å². The lowest BCUT2D eigenvalue weighted by molar-refractivity contribution is -0.161. The summed E-state index contributed by atoms with van der Waals surface area (Å²) in [6.45, 7) is 4.48. The van der Waals surface area contributed by atoms with Gasteiger partial charge in [0.1, 0.15) is 17.1 Å². The Morgan fingerprint density at radius 2 is 1.98 bits per heavy atom. The van der Waals surface area contributed by atoms with Crippen LogP contribution in [0.1, 0.15) is 32.5 Å². The van der Waals surface area contributed by atoms with Crippen LogP contribution in [-0.4, -0.2) is 102 Å². The van der Waals surface area contributed by atoms with Gasteiger partial charge < -0.3 is 26.1 Å². The monoisotopic (exact) mass is 655 g/mol. The number of rotatable bonds is 10. The minimum absolute atomic E-state index is 0.0293. The Bertz CT molecular complexity index is 1510. The summed E-state index contributed by atoms with van der Waals surface area (Å²) < 4.78 is 5.39. The largest absolute Gasteiger partial charge is 0.478 e. The Labute approximate surface area is 255 Å². The molecule has 2 atom stereocenters. The highest BCUT2D eigenvalue weighted by Gasteiger charge is 2.55. The standard InChI is InChI=1S/C23H26N8O7S4/c1-23(2,20(36)37)38-28-12(15-27-21(24)42-29-15)16(32)26-13-17(33)30-14(19(34)35)10(8-39-18(13)30)41-22-25-11(9-40-22)31(3)6-4-5-7-31/h9,13,18H,4-8H2,1-3H3,(H4-,24,26,27,29,32,34,35,36,37)/p+1/b28-12-/t13-,18-/m1/s1. The summed E-state index contributed by atoms with van der Waals surface area (Å²) in [5, 5.41) is 26.9. The number of likely N-dealkylation sites (tertiary alicyclic amines) is 1. The molecule has 42 heavy (non-hydrogen) atoms. The number of amides is 2. The van der Waals surface area contributed by atoms with E-state index in [0.29, 0.717) is 9.24 Å². The fourth-order valence-electron chi connectivity index (χ4n) is 4.50. The summed E-state index contributed by atoms with van der Waals surface area (Å²) >= 11 is 4.76. The van der Waals surface area contributed by atoms with Crippen LogP contribution in [0.2, 0.25) is 0 Å². The molecule has 0 aromatic carbocycles. The van der Waals surface area contributed by atoms with E-state index in [0.717, 1.165) is 52.7 Å². The zero-order chi connectivity index (χ0) is 30.4. The molecule has 5 N–H and O–H groups in total. The summed E-state index contributed by atoms with van der Waals surface area (Å²) in [6.07, 6.45) is 2.26. The Hall–Kier alpha value is -3.26. The molecule has 0 bridgehead atoms. The van der Waals surface area contributed by atoms with Crippen molar-refractivity contribution in [1.29, 1.82) is 0 Å². The first-order chi connectivity index (χ1) is 19.8. The second-order valence-corrected chi connectivity index (χ2v) is 14.5. The van der Waals surface area contributed by atoms with Crippen molar-refractivity contribution in [3.63, 3.8) is 0 Å². The maximum Gasteiger partial charge on any atom is 0.353 e. The predicted molar refractivity (Wildman–Crippen MR) is 158 cm³/mol. The number of β-lactam (4-membered cyclic amide) rings is 1. The maximum atomic E-state index is 13.2. The summed E-state index contributed by atoms with van der Waals surface area (Å²) in [4.78, 5) is 65.6. The summed E-state index contributed by atoms with van der Waals surface area (Å²) in [6, 6.07) is -1.08. The molecule has 3 aliphatic rings. The first-order valence-electron chi connectivity index (χ1n) is 12.6. The molecular formula is C23H27N8O7S4+. The number of nitrogen functional groups attached to an aromatic ring is 1.